The van der Waals surface area contributed by atoms with Gasteiger partial charge in [-0.2, -0.15) is 5.26 Å². The first-order chi connectivity index (χ1) is 4.68. The quantitative estimate of drug-likeness (QED) is 0.599. The molecule has 0 aliphatic carbocycles. The monoisotopic (exact) mass is 138 g/mol. The third kappa shape index (κ3) is 2.65. The minimum absolute atomic E-state index is 0.581. The molecule has 2 N–H and O–H groups in total. The second-order valence-electron chi connectivity index (χ2n) is 2.51. The third-order valence-electron chi connectivity index (χ3n) is 1.43. The van der Waals surface area contributed by atoms with Crippen molar-refractivity contribution in [2.45, 2.75) is 31.7 Å². The van der Waals surface area contributed by atoms with Crippen molar-refractivity contribution in [2.24, 2.45) is 5.73 Å². The van der Waals surface area contributed by atoms with Crippen molar-refractivity contribution in [2.75, 3.05) is 0 Å². The van der Waals surface area contributed by atoms with Gasteiger partial charge in [0.15, 0.2) is 0 Å². The van der Waals surface area contributed by atoms with Crippen LogP contribution in [-0.2, 0) is 0 Å². The molecule has 0 saturated heterocycles. The highest BCUT2D eigenvalue weighted by molar-refractivity contribution is 5.07. The Bertz CT molecular complexity index is 146. The first-order valence-electron chi connectivity index (χ1n) is 3.49. The Labute approximate surface area is 62.3 Å². The lowest BCUT2D eigenvalue weighted by molar-refractivity contribution is 0.498. The van der Waals surface area contributed by atoms with Gasteiger partial charge in [0.05, 0.1) is 6.07 Å². The summed E-state index contributed by atoms with van der Waals surface area (Å²) in [5.74, 6) is 0. The smallest absolute Gasteiger partial charge is 0.107 e. The van der Waals surface area contributed by atoms with Crippen LogP contribution in [0.2, 0.25) is 0 Å². The second-order valence-corrected chi connectivity index (χ2v) is 2.51. The molecule has 0 aromatic carbocycles. The van der Waals surface area contributed by atoms with Gasteiger partial charge >= 0.3 is 0 Å². The van der Waals surface area contributed by atoms with Crippen molar-refractivity contribution < 1.29 is 0 Å². The van der Waals surface area contributed by atoms with E-state index in [0.29, 0.717) is 6.42 Å². The molecule has 0 fully saturated rings. The highest BCUT2D eigenvalue weighted by atomic mass is 14.7. The van der Waals surface area contributed by atoms with Crippen LogP contribution >= 0.6 is 0 Å². The zero-order valence-corrected chi connectivity index (χ0v) is 6.43. The summed E-state index contributed by atoms with van der Waals surface area (Å²) >= 11 is 0. The molecule has 0 spiro atoms. The van der Waals surface area contributed by atoms with Gasteiger partial charge in [-0.25, -0.2) is 0 Å². The molecule has 0 aliphatic rings. The first-order valence-corrected chi connectivity index (χ1v) is 3.49. The van der Waals surface area contributed by atoms with Crippen LogP contribution in [0.25, 0.3) is 0 Å². The molecule has 0 aromatic rings. The van der Waals surface area contributed by atoms with Crippen LogP contribution < -0.4 is 5.73 Å². The molecule has 0 radical (unpaired) electrons. The lowest BCUT2D eigenvalue weighted by atomic mass is 9.93. The van der Waals surface area contributed by atoms with Gasteiger partial charge in [-0.1, -0.05) is 19.4 Å². The Kier molecular flexibility index (Phi) is 3.75. The molecule has 0 heterocycles. The average Bonchev–Trinajstić information content (AvgIpc) is 1.89. The van der Waals surface area contributed by atoms with Crippen molar-refractivity contribution >= 4 is 0 Å². The Morgan fingerprint density at radius 1 is 1.80 bits per heavy atom. The Hall–Kier alpha value is -0.810. The van der Waals surface area contributed by atoms with E-state index in [4.69, 9.17) is 11.0 Å². The van der Waals surface area contributed by atoms with E-state index >= 15 is 0 Å². The molecule has 10 heavy (non-hydrogen) atoms. The van der Waals surface area contributed by atoms with Crippen LogP contribution in [0.15, 0.2) is 12.7 Å². The van der Waals surface area contributed by atoms with Crippen molar-refractivity contribution in [1.29, 1.82) is 5.26 Å². The van der Waals surface area contributed by atoms with Gasteiger partial charge in [-0.15, -0.1) is 6.58 Å². The van der Waals surface area contributed by atoms with Crippen LogP contribution in [0.4, 0.5) is 0 Å². The third-order valence-corrected chi connectivity index (χ3v) is 1.43. The molecule has 1 atom stereocenters. The zero-order valence-electron chi connectivity index (χ0n) is 6.43. The number of nitrogens with two attached hydrogens (primary N) is 1. The van der Waals surface area contributed by atoms with Crippen LogP contribution in [-0.4, -0.2) is 5.54 Å². The number of rotatable bonds is 4. The van der Waals surface area contributed by atoms with Crippen LogP contribution in [0.1, 0.15) is 26.2 Å². The number of nitrogens with zero attached hydrogens (tertiary/aromatic N) is 1. The van der Waals surface area contributed by atoms with Gasteiger partial charge in [0.25, 0.3) is 0 Å². The lowest BCUT2D eigenvalue weighted by Crippen LogP contribution is -2.37. The zero-order chi connectivity index (χ0) is 8.04. The summed E-state index contributed by atoms with van der Waals surface area (Å²) in [7, 11) is 0. The van der Waals surface area contributed by atoms with Gasteiger partial charge in [0.1, 0.15) is 5.54 Å². The van der Waals surface area contributed by atoms with E-state index in [0.717, 1.165) is 12.8 Å². The summed E-state index contributed by atoms with van der Waals surface area (Å²) in [5.41, 5.74) is 5.02. The summed E-state index contributed by atoms with van der Waals surface area (Å²) in [6.07, 6.45) is 3.96. The summed E-state index contributed by atoms with van der Waals surface area (Å²) in [6, 6.07) is 2.09. The summed E-state index contributed by atoms with van der Waals surface area (Å²) < 4.78 is 0. The summed E-state index contributed by atoms with van der Waals surface area (Å²) in [4.78, 5) is 0. The molecule has 0 amide bonds. The van der Waals surface area contributed by atoms with E-state index in [2.05, 4.69) is 12.6 Å². The van der Waals surface area contributed by atoms with E-state index in [1.165, 1.54) is 0 Å². The molecular formula is C8H14N2. The minimum Gasteiger partial charge on any atom is -0.313 e. The molecular weight excluding hydrogens is 124 g/mol. The molecule has 0 rings (SSSR count). The summed E-state index contributed by atoms with van der Waals surface area (Å²) in [5, 5.41) is 8.62. The predicted molar refractivity (Wildman–Crippen MR) is 42.3 cm³/mol. The maximum absolute atomic E-state index is 8.62. The fourth-order valence-electron chi connectivity index (χ4n) is 0.907. The molecule has 2 nitrogen and oxygen atoms in total. The fraction of sp³-hybridized carbons (Fsp3) is 0.625. The second kappa shape index (κ2) is 4.08. The molecule has 1 unspecified atom stereocenters. The van der Waals surface area contributed by atoms with Gasteiger partial charge < -0.3 is 5.73 Å². The molecule has 0 aromatic heterocycles. The molecule has 0 saturated carbocycles. The topological polar surface area (TPSA) is 49.8 Å². The van der Waals surface area contributed by atoms with E-state index in [1.807, 2.05) is 6.92 Å². The van der Waals surface area contributed by atoms with Crippen molar-refractivity contribution in [1.82, 2.24) is 0 Å². The standard InChI is InChI=1S/C8H14N2/c1-3-5-8(10,7-9)6-4-2/h3H,1,4-6,10H2,2H3. The highest BCUT2D eigenvalue weighted by Crippen LogP contribution is 2.12. The normalized spacial score (nSPS) is 15.3. The minimum atomic E-state index is -0.670. The van der Waals surface area contributed by atoms with E-state index in [1.54, 1.807) is 6.08 Å². The maximum atomic E-state index is 8.62. The Morgan fingerprint density at radius 2 is 2.40 bits per heavy atom. The van der Waals surface area contributed by atoms with E-state index < -0.39 is 5.54 Å². The largest absolute Gasteiger partial charge is 0.313 e. The van der Waals surface area contributed by atoms with Crippen molar-refractivity contribution in [3.05, 3.63) is 12.7 Å². The van der Waals surface area contributed by atoms with Gasteiger partial charge in [-0.3, -0.25) is 0 Å². The lowest BCUT2D eigenvalue weighted by Gasteiger charge is -2.17. The van der Waals surface area contributed by atoms with Crippen molar-refractivity contribution in [3.63, 3.8) is 0 Å². The fourth-order valence-corrected chi connectivity index (χ4v) is 0.907. The van der Waals surface area contributed by atoms with Gasteiger partial charge in [0.2, 0.25) is 0 Å². The first kappa shape index (κ1) is 9.19. The van der Waals surface area contributed by atoms with Crippen molar-refractivity contribution in [3.8, 4) is 6.07 Å². The molecule has 56 valence electrons. The van der Waals surface area contributed by atoms with Crippen LogP contribution in [0, 0.1) is 11.3 Å². The van der Waals surface area contributed by atoms with Gasteiger partial charge in [0, 0.05) is 0 Å². The Balaban J connectivity index is 3.97. The number of nitriles is 1. The maximum Gasteiger partial charge on any atom is 0.107 e. The van der Waals surface area contributed by atoms with Gasteiger partial charge in [-0.05, 0) is 12.8 Å². The molecule has 0 bridgehead atoms. The average molecular weight is 138 g/mol. The Morgan fingerprint density at radius 3 is 2.70 bits per heavy atom. The number of hydrogen-bond acceptors (Lipinski definition) is 2. The SMILES string of the molecule is C=CCC(N)(C#N)CCC. The number of hydrogen-bond donors (Lipinski definition) is 1. The van der Waals surface area contributed by atoms with E-state index in [-0.39, 0.29) is 0 Å². The molecule has 0 aliphatic heterocycles. The predicted octanol–water partition coefficient (Wildman–Crippen LogP) is 1.58. The van der Waals surface area contributed by atoms with E-state index in [9.17, 15) is 0 Å². The highest BCUT2D eigenvalue weighted by Gasteiger charge is 2.20. The summed E-state index contributed by atoms with van der Waals surface area (Å²) in [6.45, 7) is 5.56. The molecule has 2 heteroatoms. The van der Waals surface area contributed by atoms with Crippen LogP contribution in [0.3, 0.4) is 0 Å². The van der Waals surface area contributed by atoms with Crippen LogP contribution in [0.5, 0.6) is 0 Å².